The van der Waals surface area contributed by atoms with Crippen LogP contribution in [0.4, 0.5) is 5.82 Å². The van der Waals surface area contributed by atoms with E-state index in [-0.39, 0.29) is 0 Å². The fourth-order valence-electron chi connectivity index (χ4n) is 1.19. The number of rotatable bonds is 2. The minimum Gasteiger partial charge on any atom is -0.381 e. The molecule has 1 aromatic heterocycles. The molecule has 0 radical (unpaired) electrons. The average molecular weight is 243 g/mol. The van der Waals surface area contributed by atoms with Crippen LogP contribution < -0.4 is 5.73 Å². The first-order valence-electron chi connectivity index (χ1n) is 4.24. The quantitative estimate of drug-likeness (QED) is 0.879. The van der Waals surface area contributed by atoms with E-state index < -0.39 is 0 Å². The molecule has 0 amide bonds. The third-order valence-electron chi connectivity index (χ3n) is 1.86. The van der Waals surface area contributed by atoms with Gasteiger partial charge in [-0.15, -0.1) is 5.10 Å². The Labute approximate surface area is 96.6 Å². The fourth-order valence-corrected chi connectivity index (χ4v) is 1.51. The molecule has 0 atom stereocenters. The summed E-state index contributed by atoms with van der Waals surface area (Å²) in [7, 11) is 0. The smallest absolute Gasteiger partial charge is 0.165 e. The number of nitrogens with zero attached hydrogens (tertiary/aromatic N) is 3. The monoisotopic (exact) mass is 242 g/mol. The van der Waals surface area contributed by atoms with Crippen LogP contribution in [0.15, 0.2) is 24.4 Å². The summed E-state index contributed by atoms with van der Waals surface area (Å²) in [5.41, 5.74) is 6.42. The molecule has 2 N–H and O–H groups in total. The Balaban J connectivity index is 2.21. The van der Waals surface area contributed by atoms with Crippen LogP contribution in [0.2, 0.25) is 10.0 Å². The van der Waals surface area contributed by atoms with Gasteiger partial charge < -0.3 is 5.73 Å². The second-order valence-electron chi connectivity index (χ2n) is 3.05. The summed E-state index contributed by atoms with van der Waals surface area (Å²) in [6.07, 6.45) is 1.50. The molecule has 0 saturated carbocycles. The highest BCUT2D eigenvalue weighted by atomic mass is 35.5. The van der Waals surface area contributed by atoms with Crippen LogP contribution in [0.3, 0.4) is 0 Å². The Morgan fingerprint density at radius 1 is 1.27 bits per heavy atom. The zero-order chi connectivity index (χ0) is 10.8. The van der Waals surface area contributed by atoms with Crippen molar-refractivity contribution in [1.29, 1.82) is 0 Å². The van der Waals surface area contributed by atoms with Gasteiger partial charge in [0, 0.05) is 0 Å². The van der Waals surface area contributed by atoms with Crippen LogP contribution >= 0.6 is 23.2 Å². The van der Waals surface area contributed by atoms with Gasteiger partial charge in [0.05, 0.1) is 22.8 Å². The molecular formula is C9H8Cl2N4. The molecule has 0 fully saturated rings. The summed E-state index contributed by atoms with van der Waals surface area (Å²) >= 11 is 11.7. The molecule has 4 nitrogen and oxygen atoms in total. The first-order chi connectivity index (χ1) is 7.15. The molecule has 0 unspecified atom stereocenters. The van der Waals surface area contributed by atoms with Crippen molar-refractivity contribution in [2.24, 2.45) is 0 Å². The summed E-state index contributed by atoms with van der Waals surface area (Å²) in [5.74, 6) is 0.398. The number of anilines is 1. The molecule has 78 valence electrons. The molecule has 15 heavy (non-hydrogen) atoms. The second kappa shape index (κ2) is 4.08. The highest BCUT2D eigenvalue weighted by Crippen LogP contribution is 2.22. The summed E-state index contributed by atoms with van der Waals surface area (Å²) < 4.78 is 0. The van der Waals surface area contributed by atoms with Gasteiger partial charge in [0.25, 0.3) is 0 Å². The van der Waals surface area contributed by atoms with Crippen molar-refractivity contribution in [2.75, 3.05) is 5.73 Å². The number of benzene rings is 1. The number of nitrogens with two attached hydrogens (primary N) is 1. The Morgan fingerprint density at radius 2 is 2.07 bits per heavy atom. The molecule has 0 spiro atoms. The van der Waals surface area contributed by atoms with Crippen molar-refractivity contribution < 1.29 is 0 Å². The fraction of sp³-hybridized carbons (Fsp3) is 0.111. The third-order valence-corrected chi connectivity index (χ3v) is 2.60. The van der Waals surface area contributed by atoms with Crippen molar-refractivity contribution in [3.05, 3.63) is 40.0 Å². The van der Waals surface area contributed by atoms with Gasteiger partial charge in [-0.25, -0.2) is 0 Å². The topological polar surface area (TPSA) is 56.7 Å². The van der Waals surface area contributed by atoms with E-state index in [1.807, 2.05) is 6.07 Å². The summed E-state index contributed by atoms with van der Waals surface area (Å²) in [6, 6.07) is 5.39. The van der Waals surface area contributed by atoms with Crippen LogP contribution in [0, 0.1) is 0 Å². The molecule has 0 aliphatic heterocycles. The van der Waals surface area contributed by atoms with E-state index in [0.717, 1.165) is 5.56 Å². The van der Waals surface area contributed by atoms with Gasteiger partial charge in [0.15, 0.2) is 5.82 Å². The summed E-state index contributed by atoms with van der Waals surface area (Å²) in [5, 5.41) is 8.99. The zero-order valence-electron chi connectivity index (χ0n) is 7.69. The Bertz CT molecular complexity index is 481. The molecule has 1 heterocycles. The summed E-state index contributed by atoms with van der Waals surface area (Å²) in [4.78, 5) is 1.49. The minimum absolute atomic E-state index is 0.398. The Morgan fingerprint density at radius 3 is 2.67 bits per heavy atom. The first-order valence-corrected chi connectivity index (χ1v) is 5.00. The largest absolute Gasteiger partial charge is 0.381 e. The normalized spacial score (nSPS) is 10.5. The van der Waals surface area contributed by atoms with Crippen LogP contribution in [-0.4, -0.2) is 15.0 Å². The van der Waals surface area contributed by atoms with Crippen molar-refractivity contribution >= 4 is 29.0 Å². The van der Waals surface area contributed by atoms with Crippen LogP contribution in [0.5, 0.6) is 0 Å². The predicted molar refractivity (Wildman–Crippen MR) is 60.0 cm³/mol. The van der Waals surface area contributed by atoms with Crippen molar-refractivity contribution in [1.82, 2.24) is 15.0 Å². The number of hydrogen-bond acceptors (Lipinski definition) is 3. The van der Waals surface area contributed by atoms with Gasteiger partial charge in [0.2, 0.25) is 0 Å². The van der Waals surface area contributed by atoms with E-state index in [1.165, 1.54) is 11.0 Å². The van der Waals surface area contributed by atoms with Crippen LogP contribution in [0.25, 0.3) is 0 Å². The highest BCUT2D eigenvalue weighted by Gasteiger charge is 2.02. The maximum atomic E-state index is 5.88. The SMILES string of the molecule is Nc1cnn(Cc2ccc(Cl)c(Cl)c2)n1. The Kier molecular flexibility index (Phi) is 2.79. The van der Waals surface area contributed by atoms with E-state index in [4.69, 9.17) is 28.9 Å². The van der Waals surface area contributed by atoms with Crippen molar-refractivity contribution in [3.63, 3.8) is 0 Å². The molecule has 1 aromatic carbocycles. The number of nitrogen functional groups attached to an aromatic ring is 1. The van der Waals surface area contributed by atoms with E-state index >= 15 is 0 Å². The van der Waals surface area contributed by atoms with Gasteiger partial charge in [-0.2, -0.15) is 9.90 Å². The van der Waals surface area contributed by atoms with Gasteiger partial charge in [-0.1, -0.05) is 29.3 Å². The predicted octanol–water partition coefficient (Wildman–Crippen LogP) is 2.22. The van der Waals surface area contributed by atoms with Gasteiger partial charge in [-0.05, 0) is 17.7 Å². The van der Waals surface area contributed by atoms with Gasteiger partial charge >= 0.3 is 0 Å². The van der Waals surface area contributed by atoms with Gasteiger partial charge in [0.1, 0.15) is 0 Å². The van der Waals surface area contributed by atoms with E-state index in [2.05, 4.69) is 10.2 Å². The lowest BCUT2D eigenvalue weighted by molar-refractivity contribution is 0.593. The van der Waals surface area contributed by atoms with Crippen LogP contribution in [-0.2, 0) is 6.54 Å². The van der Waals surface area contributed by atoms with Crippen LogP contribution in [0.1, 0.15) is 5.56 Å². The molecule has 0 aliphatic rings. The second-order valence-corrected chi connectivity index (χ2v) is 3.86. The lowest BCUT2D eigenvalue weighted by Gasteiger charge is -2.02. The minimum atomic E-state index is 0.398. The molecule has 0 aliphatic carbocycles. The maximum Gasteiger partial charge on any atom is 0.165 e. The number of aromatic nitrogens is 3. The van der Waals surface area contributed by atoms with E-state index in [9.17, 15) is 0 Å². The highest BCUT2D eigenvalue weighted by molar-refractivity contribution is 6.42. The standard InChI is InChI=1S/C9H8Cl2N4/c10-7-2-1-6(3-8(7)11)5-15-13-4-9(12)14-15/h1-4H,5H2,(H2,12,14). The molecule has 2 rings (SSSR count). The lowest BCUT2D eigenvalue weighted by Crippen LogP contribution is -2.04. The van der Waals surface area contributed by atoms with Crippen molar-refractivity contribution in [2.45, 2.75) is 6.54 Å². The number of halogens is 2. The Hall–Kier alpha value is -1.26. The van der Waals surface area contributed by atoms with Gasteiger partial charge in [-0.3, -0.25) is 0 Å². The summed E-state index contributed by atoms with van der Waals surface area (Å²) in [6.45, 7) is 0.522. The zero-order valence-corrected chi connectivity index (χ0v) is 9.20. The lowest BCUT2D eigenvalue weighted by atomic mass is 10.2. The first kappa shape index (κ1) is 10.3. The maximum absolute atomic E-state index is 5.88. The number of hydrogen-bond donors (Lipinski definition) is 1. The third kappa shape index (κ3) is 2.40. The molecule has 0 bridgehead atoms. The molecule has 0 saturated heterocycles. The van der Waals surface area contributed by atoms with Crippen molar-refractivity contribution in [3.8, 4) is 0 Å². The average Bonchev–Trinajstić information content (AvgIpc) is 2.58. The molecular weight excluding hydrogens is 235 g/mol. The van der Waals surface area contributed by atoms with E-state index in [0.29, 0.717) is 22.4 Å². The molecule has 2 aromatic rings. The molecule has 6 heteroatoms. The van der Waals surface area contributed by atoms with E-state index in [1.54, 1.807) is 12.1 Å².